The van der Waals surface area contributed by atoms with Crippen molar-refractivity contribution in [3.63, 3.8) is 0 Å². The van der Waals surface area contributed by atoms with Crippen molar-refractivity contribution in [2.75, 3.05) is 12.4 Å². The Bertz CT molecular complexity index is 96.1. The van der Waals surface area contributed by atoms with E-state index in [0.717, 1.165) is 5.88 Å². The predicted molar refractivity (Wildman–Crippen MR) is 61.6 cm³/mol. The Labute approximate surface area is 88.2 Å². The lowest BCUT2D eigenvalue weighted by Gasteiger charge is -2.11. The summed E-state index contributed by atoms with van der Waals surface area (Å²) in [6.07, 6.45) is 7.64. The molecule has 0 fully saturated rings. The molecule has 2 heteroatoms. The summed E-state index contributed by atoms with van der Waals surface area (Å²) in [4.78, 5) is 0. The standard InChI is InChI=1S/C11H24ClN/c1-3-8-11(2)13-10-7-5-4-6-9-12/h11,13H,3-10H2,1-2H3. The minimum atomic E-state index is 0.693. The number of unbranched alkanes of at least 4 members (excludes halogenated alkanes) is 3. The molecule has 0 saturated carbocycles. The summed E-state index contributed by atoms with van der Waals surface area (Å²) in [6.45, 7) is 5.67. The molecule has 1 atom stereocenters. The lowest BCUT2D eigenvalue weighted by molar-refractivity contribution is 0.491. The third kappa shape index (κ3) is 10.2. The van der Waals surface area contributed by atoms with Gasteiger partial charge in [0, 0.05) is 11.9 Å². The number of rotatable bonds is 9. The molecule has 1 N–H and O–H groups in total. The Hall–Kier alpha value is 0.250. The largest absolute Gasteiger partial charge is 0.314 e. The van der Waals surface area contributed by atoms with Crippen LogP contribution < -0.4 is 5.32 Å². The molecule has 1 unspecified atom stereocenters. The van der Waals surface area contributed by atoms with Crippen LogP contribution in [0.15, 0.2) is 0 Å². The Kier molecular flexibility index (Phi) is 10.5. The van der Waals surface area contributed by atoms with Crippen LogP contribution in [0.4, 0.5) is 0 Å². The zero-order valence-corrected chi connectivity index (χ0v) is 9.87. The van der Waals surface area contributed by atoms with Gasteiger partial charge in [0.05, 0.1) is 0 Å². The second kappa shape index (κ2) is 10.3. The SMILES string of the molecule is CCCC(C)NCCCCCCCl. The van der Waals surface area contributed by atoms with Gasteiger partial charge in [-0.05, 0) is 32.7 Å². The summed E-state index contributed by atoms with van der Waals surface area (Å²) < 4.78 is 0. The van der Waals surface area contributed by atoms with Crippen molar-refractivity contribution in [2.24, 2.45) is 0 Å². The van der Waals surface area contributed by atoms with E-state index in [1.807, 2.05) is 0 Å². The van der Waals surface area contributed by atoms with Gasteiger partial charge < -0.3 is 5.32 Å². The molecule has 0 radical (unpaired) electrons. The molecule has 13 heavy (non-hydrogen) atoms. The highest BCUT2D eigenvalue weighted by Crippen LogP contribution is 2.01. The summed E-state index contributed by atoms with van der Waals surface area (Å²) in [7, 11) is 0. The monoisotopic (exact) mass is 205 g/mol. The highest BCUT2D eigenvalue weighted by molar-refractivity contribution is 6.17. The Morgan fingerprint density at radius 2 is 1.85 bits per heavy atom. The summed E-state index contributed by atoms with van der Waals surface area (Å²) in [5.74, 6) is 0.819. The summed E-state index contributed by atoms with van der Waals surface area (Å²) in [6, 6.07) is 0.693. The van der Waals surface area contributed by atoms with Crippen molar-refractivity contribution in [1.82, 2.24) is 5.32 Å². The molecular weight excluding hydrogens is 182 g/mol. The second-order valence-electron chi connectivity index (χ2n) is 3.75. The van der Waals surface area contributed by atoms with Gasteiger partial charge in [0.15, 0.2) is 0 Å². The van der Waals surface area contributed by atoms with Gasteiger partial charge in [-0.1, -0.05) is 26.2 Å². The third-order valence-corrected chi connectivity index (χ3v) is 2.54. The van der Waals surface area contributed by atoms with Crippen molar-refractivity contribution in [3.8, 4) is 0 Å². The van der Waals surface area contributed by atoms with E-state index in [4.69, 9.17) is 11.6 Å². The second-order valence-corrected chi connectivity index (χ2v) is 4.13. The third-order valence-electron chi connectivity index (χ3n) is 2.27. The van der Waals surface area contributed by atoms with Gasteiger partial charge in [-0.2, -0.15) is 0 Å². The number of halogens is 1. The molecule has 0 aliphatic rings. The fraction of sp³-hybridized carbons (Fsp3) is 1.00. The van der Waals surface area contributed by atoms with E-state index in [1.54, 1.807) is 0 Å². The fourth-order valence-electron chi connectivity index (χ4n) is 1.46. The molecular formula is C11H24ClN. The van der Waals surface area contributed by atoms with E-state index >= 15 is 0 Å². The predicted octanol–water partition coefficient (Wildman–Crippen LogP) is 3.56. The molecule has 0 aromatic heterocycles. The van der Waals surface area contributed by atoms with Crippen LogP contribution in [0.3, 0.4) is 0 Å². The van der Waals surface area contributed by atoms with Gasteiger partial charge in [-0.15, -0.1) is 11.6 Å². The van der Waals surface area contributed by atoms with Crippen LogP contribution in [0.2, 0.25) is 0 Å². The molecule has 0 aromatic rings. The Morgan fingerprint density at radius 1 is 1.15 bits per heavy atom. The fourth-order valence-corrected chi connectivity index (χ4v) is 1.65. The molecule has 0 saturated heterocycles. The zero-order chi connectivity index (χ0) is 9.94. The van der Waals surface area contributed by atoms with Gasteiger partial charge in [-0.25, -0.2) is 0 Å². The summed E-state index contributed by atoms with van der Waals surface area (Å²) in [5, 5.41) is 3.53. The number of nitrogens with one attached hydrogen (secondary N) is 1. The molecule has 80 valence electrons. The van der Waals surface area contributed by atoms with E-state index in [-0.39, 0.29) is 0 Å². The highest BCUT2D eigenvalue weighted by Gasteiger charge is 1.97. The maximum absolute atomic E-state index is 5.59. The smallest absolute Gasteiger partial charge is 0.0223 e. The zero-order valence-electron chi connectivity index (χ0n) is 9.11. The summed E-state index contributed by atoms with van der Waals surface area (Å²) >= 11 is 5.59. The van der Waals surface area contributed by atoms with Crippen molar-refractivity contribution in [3.05, 3.63) is 0 Å². The lowest BCUT2D eigenvalue weighted by Crippen LogP contribution is -2.26. The molecule has 0 aliphatic heterocycles. The van der Waals surface area contributed by atoms with Crippen molar-refractivity contribution < 1.29 is 0 Å². The molecule has 0 spiro atoms. The van der Waals surface area contributed by atoms with Gasteiger partial charge in [0.25, 0.3) is 0 Å². The van der Waals surface area contributed by atoms with Crippen molar-refractivity contribution in [1.29, 1.82) is 0 Å². The molecule has 0 bridgehead atoms. The summed E-state index contributed by atoms with van der Waals surface area (Å²) in [5.41, 5.74) is 0. The van der Waals surface area contributed by atoms with Gasteiger partial charge in [0.1, 0.15) is 0 Å². The van der Waals surface area contributed by atoms with Gasteiger partial charge in [0.2, 0.25) is 0 Å². The first-order valence-corrected chi connectivity index (χ1v) is 6.14. The van der Waals surface area contributed by atoms with E-state index < -0.39 is 0 Å². The highest BCUT2D eigenvalue weighted by atomic mass is 35.5. The van der Waals surface area contributed by atoms with Crippen molar-refractivity contribution in [2.45, 2.75) is 58.4 Å². The first-order valence-electron chi connectivity index (χ1n) is 5.60. The molecule has 0 amide bonds. The first-order chi connectivity index (χ1) is 6.31. The van der Waals surface area contributed by atoms with Gasteiger partial charge >= 0.3 is 0 Å². The minimum Gasteiger partial charge on any atom is -0.314 e. The van der Waals surface area contributed by atoms with E-state index in [1.165, 1.54) is 45.1 Å². The van der Waals surface area contributed by atoms with E-state index in [2.05, 4.69) is 19.2 Å². The molecule has 0 heterocycles. The Morgan fingerprint density at radius 3 is 2.46 bits per heavy atom. The molecule has 0 aliphatic carbocycles. The van der Waals surface area contributed by atoms with Crippen LogP contribution in [-0.2, 0) is 0 Å². The maximum atomic E-state index is 5.59. The Balaban J connectivity index is 2.97. The maximum Gasteiger partial charge on any atom is 0.0223 e. The minimum absolute atomic E-state index is 0.693. The van der Waals surface area contributed by atoms with Crippen LogP contribution in [0, 0.1) is 0 Å². The van der Waals surface area contributed by atoms with Crippen LogP contribution in [0.1, 0.15) is 52.4 Å². The average molecular weight is 206 g/mol. The molecule has 0 aromatic carbocycles. The number of alkyl halides is 1. The lowest BCUT2D eigenvalue weighted by atomic mass is 10.1. The van der Waals surface area contributed by atoms with Crippen LogP contribution in [0.25, 0.3) is 0 Å². The first kappa shape index (κ1) is 13.2. The molecule has 1 nitrogen and oxygen atoms in total. The number of hydrogen-bond donors (Lipinski definition) is 1. The van der Waals surface area contributed by atoms with Gasteiger partial charge in [-0.3, -0.25) is 0 Å². The quantitative estimate of drug-likeness (QED) is 0.449. The normalized spacial score (nSPS) is 13.2. The van der Waals surface area contributed by atoms with Crippen molar-refractivity contribution >= 4 is 11.6 Å². The topological polar surface area (TPSA) is 12.0 Å². The van der Waals surface area contributed by atoms with Crippen LogP contribution >= 0.6 is 11.6 Å². The van der Waals surface area contributed by atoms with Crippen LogP contribution in [-0.4, -0.2) is 18.5 Å². The average Bonchev–Trinajstić information content (AvgIpc) is 2.11. The van der Waals surface area contributed by atoms with E-state index in [9.17, 15) is 0 Å². The van der Waals surface area contributed by atoms with E-state index in [0.29, 0.717) is 6.04 Å². The van der Waals surface area contributed by atoms with Crippen LogP contribution in [0.5, 0.6) is 0 Å². The molecule has 0 rings (SSSR count). The number of hydrogen-bond acceptors (Lipinski definition) is 1.